The van der Waals surface area contributed by atoms with Gasteiger partial charge in [0.15, 0.2) is 0 Å². The van der Waals surface area contributed by atoms with Gasteiger partial charge in [-0.3, -0.25) is 0 Å². The van der Waals surface area contributed by atoms with Crippen LogP contribution in [0.1, 0.15) is 28.8 Å². The van der Waals surface area contributed by atoms with Gasteiger partial charge in [-0.25, -0.2) is 9.97 Å². The molecule has 0 atom stereocenters. The molecule has 2 nitrogen and oxygen atoms in total. The third-order valence-electron chi connectivity index (χ3n) is 4.08. The second-order valence-electron chi connectivity index (χ2n) is 5.61. The first-order chi connectivity index (χ1) is 11.2. The Morgan fingerprint density at radius 2 is 1.96 bits per heavy atom. The van der Waals surface area contributed by atoms with E-state index in [1.165, 1.54) is 35.1 Å². The molecule has 1 aromatic carbocycles. The first-order valence-corrected chi connectivity index (χ1v) is 10.1. The summed E-state index contributed by atoms with van der Waals surface area (Å²) in [5.41, 5.74) is 2.63. The van der Waals surface area contributed by atoms with Crippen LogP contribution in [-0.2, 0) is 18.6 Å². The first-order valence-electron chi connectivity index (χ1n) is 7.54. The molecular weight excluding hydrogens is 367 g/mol. The Labute approximate surface area is 153 Å². The smallest absolute Gasteiger partial charge is 0.128 e. The lowest BCUT2D eigenvalue weighted by molar-refractivity contribution is 0.699. The maximum absolute atomic E-state index is 6.10. The number of benzene rings is 1. The molecule has 1 aliphatic rings. The topological polar surface area (TPSA) is 25.8 Å². The van der Waals surface area contributed by atoms with Crippen molar-refractivity contribution in [1.29, 1.82) is 0 Å². The Bertz CT molecular complexity index is 876. The molecule has 6 heteroatoms. The van der Waals surface area contributed by atoms with Crippen LogP contribution >= 0.6 is 46.3 Å². The number of hydrogen-bond acceptors (Lipinski definition) is 4. The number of fused-ring (bicyclic) bond motifs is 3. The van der Waals surface area contributed by atoms with Crippen LogP contribution in [0.15, 0.2) is 29.6 Å². The Hall–Kier alpha value is -0.810. The molecule has 0 N–H and O–H groups in total. The number of nitrogens with zero attached hydrogens (tertiary/aromatic N) is 2. The van der Waals surface area contributed by atoms with Gasteiger partial charge >= 0.3 is 0 Å². The van der Waals surface area contributed by atoms with Crippen molar-refractivity contribution in [3.8, 4) is 0 Å². The molecule has 0 amide bonds. The van der Waals surface area contributed by atoms with Crippen molar-refractivity contribution in [1.82, 2.24) is 9.97 Å². The molecule has 0 fully saturated rings. The van der Waals surface area contributed by atoms with Gasteiger partial charge in [-0.1, -0.05) is 29.3 Å². The highest BCUT2D eigenvalue weighted by Gasteiger charge is 2.19. The molecule has 118 valence electrons. The van der Waals surface area contributed by atoms with Crippen molar-refractivity contribution in [2.45, 2.75) is 36.5 Å². The molecule has 2 heterocycles. The van der Waals surface area contributed by atoms with Crippen LogP contribution in [0.5, 0.6) is 0 Å². The zero-order chi connectivity index (χ0) is 15.8. The Morgan fingerprint density at radius 3 is 2.83 bits per heavy atom. The monoisotopic (exact) mass is 380 g/mol. The van der Waals surface area contributed by atoms with Gasteiger partial charge in [0, 0.05) is 16.0 Å². The number of aryl methyl sites for hydroxylation is 2. The lowest BCUT2D eigenvalue weighted by Gasteiger charge is -2.11. The van der Waals surface area contributed by atoms with E-state index in [0.29, 0.717) is 10.0 Å². The molecule has 0 bridgehead atoms. The predicted octanol–water partition coefficient (Wildman–Crippen LogP) is 6.17. The van der Waals surface area contributed by atoms with Crippen LogP contribution in [0.3, 0.4) is 0 Å². The van der Waals surface area contributed by atoms with Crippen molar-refractivity contribution < 1.29 is 0 Å². The highest BCUT2D eigenvalue weighted by atomic mass is 35.5. The van der Waals surface area contributed by atoms with E-state index in [0.717, 1.165) is 27.6 Å². The quantitative estimate of drug-likeness (QED) is 0.401. The molecule has 4 rings (SSSR count). The van der Waals surface area contributed by atoms with Gasteiger partial charge in [0.2, 0.25) is 0 Å². The van der Waals surface area contributed by atoms with Crippen molar-refractivity contribution in [2.75, 3.05) is 0 Å². The zero-order valence-corrected chi connectivity index (χ0v) is 15.5. The fraction of sp³-hybridized carbons (Fsp3) is 0.294. The predicted molar refractivity (Wildman–Crippen MR) is 100 cm³/mol. The summed E-state index contributed by atoms with van der Waals surface area (Å²) in [6, 6.07) is 5.79. The number of aromatic nitrogens is 2. The summed E-state index contributed by atoms with van der Waals surface area (Å²) in [5, 5.41) is 3.56. The normalized spacial score (nSPS) is 14.2. The second-order valence-corrected chi connectivity index (χ2v) is 8.47. The van der Waals surface area contributed by atoms with E-state index >= 15 is 0 Å². The van der Waals surface area contributed by atoms with Crippen LogP contribution in [0.4, 0.5) is 0 Å². The maximum Gasteiger partial charge on any atom is 0.128 e. The van der Waals surface area contributed by atoms with Crippen molar-refractivity contribution in [2.24, 2.45) is 0 Å². The average Bonchev–Trinajstić information content (AvgIpc) is 2.95. The van der Waals surface area contributed by atoms with Crippen LogP contribution in [0.2, 0.25) is 10.0 Å². The van der Waals surface area contributed by atoms with Crippen molar-refractivity contribution in [3.05, 3.63) is 50.6 Å². The summed E-state index contributed by atoms with van der Waals surface area (Å²) >= 11 is 15.7. The van der Waals surface area contributed by atoms with Gasteiger partial charge in [-0.05, 0) is 48.9 Å². The van der Waals surface area contributed by atoms with Crippen LogP contribution < -0.4 is 0 Å². The van der Waals surface area contributed by atoms with E-state index in [4.69, 9.17) is 23.2 Å². The first kappa shape index (κ1) is 15.7. The molecule has 1 aliphatic carbocycles. The lowest BCUT2D eigenvalue weighted by atomic mass is 9.97. The fourth-order valence-corrected chi connectivity index (χ4v) is 5.53. The van der Waals surface area contributed by atoms with Gasteiger partial charge in [0.05, 0.1) is 10.0 Å². The van der Waals surface area contributed by atoms with Crippen LogP contribution in [-0.4, -0.2) is 9.97 Å². The van der Waals surface area contributed by atoms with Crippen LogP contribution in [0, 0.1) is 0 Å². The van der Waals surface area contributed by atoms with Crippen molar-refractivity contribution >= 4 is 56.5 Å². The Morgan fingerprint density at radius 1 is 1.09 bits per heavy atom. The molecule has 0 unspecified atom stereocenters. The highest BCUT2D eigenvalue weighted by molar-refractivity contribution is 7.98. The second kappa shape index (κ2) is 6.60. The standard InChI is InChI=1S/C17H14Cl2N2S2/c18-12-6-5-10(7-13(12)19)8-22-16-15-11-3-1-2-4-14(11)23-17(15)21-9-20-16/h5-7,9H,1-4,8H2. The van der Waals surface area contributed by atoms with Gasteiger partial charge in [-0.2, -0.15) is 0 Å². The zero-order valence-electron chi connectivity index (χ0n) is 12.3. The van der Waals surface area contributed by atoms with Gasteiger partial charge in [-0.15, -0.1) is 23.1 Å². The lowest BCUT2D eigenvalue weighted by Crippen LogP contribution is -1.99. The molecule has 0 saturated heterocycles. The maximum atomic E-state index is 6.10. The summed E-state index contributed by atoms with van der Waals surface area (Å²) in [5.74, 6) is 0.827. The number of halogens is 2. The largest absolute Gasteiger partial charge is 0.229 e. The molecule has 0 spiro atoms. The summed E-state index contributed by atoms with van der Waals surface area (Å²) in [6.07, 6.45) is 6.58. The molecule has 0 saturated carbocycles. The summed E-state index contributed by atoms with van der Waals surface area (Å²) in [7, 11) is 0. The summed E-state index contributed by atoms with van der Waals surface area (Å²) in [6.45, 7) is 0. The number of thioether (sulfide) groups is 1. The van der Waals surface area contributed by atoms with E-state index in [1.807, 2.05) is 29.5 Å². The Kier molecular flexibility index (Phi) is 4.50. The van der Waals surface area contributed by atoms with E-state index in [1.54, 1.807) is 18.1 Å². The third kappa shape index (κ3) is 3.10. The number of rotatable bonds is 3. The van der Waals surface area contributed by atoms with E-state index < -0.39 is 0 Å². The van der Waals surface area contributed by atoms with Gasteiger partial charge in [0.25, 0.3) is 0 Å². The van der Waals surface area contributed by atoms with E-state index in [-0.39, 0.29) is 0 Å². The molecule has 23 heavy (non-hydrogen) atoms. The summed E-state index contributed by atoms with van der Waals surface area (Å²) in [4.78, 5) is 11.7. The number of hydrogen-bond donors (Lipinski definition) is 0. The van der Waals surface area contributed by atoms with Gasteiger partial charge < -0.3 is 0 Å². The molecule has 0 radical (unpaired) electrons. The minimum Gasteiger partial charge on any atom is -0.229 e. The minimum absolute atomic E-state index is 0.594. The molecule has 3 aromatic rings. The van der Waals surface area contributed by atoms with E-state index in [9.17, 15) is 0 Å². The Balaban J connectivity index is 1.66. The molecular formula is C17H14Cl2N2S2. The van der Waals surface area contributed by atoms with E-state index in [2.05, 4.69) is 9.97 Å². The van der Waals surface area contributed by atoms with Gasteiger partial charge in [0.1, 0.15) is 16.2 Å². The molecule has 0 aliphatic heterocycles. The SMILES string of the molecule is Clc1ccc(CSc2ncnc3sc4c(c23)CCCC4)cc1Cl. The summed E-state index contributed by atoms with van der Waals surface area (Å²) < 4.78 is 0. The van der Waals surface area contributed by atoms with Crippen LogP contribution in [0.25, 0.3) is 10.2 Å². The highest BCUT2D eigenvalue weighted by Crippen LogP contribution is 2.40. The third-order valence-corrected chi connectivity index (χ3v) is 7.08. The average molecular weight is 381 g/mol. The fourth-order valence-electron chi connectivity index (χ4n) is 2.95. The number of thiophene rings is 1. The van der Waals surface area contributed by atoms with Crippen molar-refractivity contribution in [3.63, 3.8) is 0 Å². The minimum atomic E-state index is 0.594. The molecule has 2 aromatic heterocycles.